The summed E-state index contributed by atoms with van der Waals surface area (Å²) in [6, 6.07) is 8.00. The molecule has 0 aliphatic carbocycles. The number of amides is 1. The predicted molar refractivity (Wildman–Crippen MR) is 92.5 cm³/mol. The molecule has 25 heavy (non-hydrogen) atoms. The van der Waals surface area contributed by atoms with Crippen molar-refractivity contribution in [2.24, 2.45) is 23.3 Å². The van der Waals surface area contributed by atoms with Crippen LogP contribution in [0.25, 0.3) is 11.0 Å². The summed E-state index contributed by atoms with van der Waals surface area (Å²) < 4.78 is 2.09. The van der Waals surface area contributed by atoms with Crippen LogP contribution in [0.5, 0.6) is 0 Å². The second kappa shape index (κ2) is 7.02. The van der Waals surface area contributed by atoms with E-state index in [0.717, 1.165) is 16.9 Å². The fraction of sp³-hybridized carbons (Fsp3) is 0.412. The fourth-order valence-corrected chi connectivity index (χ4v) is 3.06. The first-order valence-corrected chi connectivity index (χ1v) is 8.23. The highest BCUT2D eigenvalue weighted by molar-refractivity contribution is 5.76. The van der Waals surface area contributed by atoms with Gasteiger partial charge < -0.3 is 4.57 Å². The van der Waals surface area contributed by atoms with Crippen LogP contribution in [0.1, 0.15) is 32.1 Å². The third kappa shape index (κ3) is 3.39. The Kier molecular flexibility index (Phi) is 4.80. The van der Waals surface area contributed by atoms with Crippen molar-refractivity contribution in [2.45, 2.75) is 26.3 Å². The summed E-state index contributed by atoms with van der Waals surface area (Å²) in [5.74, 6) is 0.732. The summed E-state index contributed by atoms with van der Waals surface area (Å²) in [4.78, 5) is 15.9. The molecule has 0 saturated heterocycles. The average Bonchev–Trinajstić information content (AvgIpc) is 3.19. The number of imidazole rings is 1. The molecule has 2 aromatic rings. The Morgan fingerprint density at radius 3 is 2.84 bits per heavy atom. The highest BCUT2D eigenvalue weighted by Crippen LogP contribution is 2.33. The lowest BCUT2D eigenvalue weighted by Gasteiger charge is -2.27. The van der Waals surface area contributed by atoms with E-state index in [9.17, 15) is 4.79 Å². The van der Waals surface area contributed by atoms with E-state index in [4.69, 9.17) is 10.2 Å². The number of carbonyl (C=O) groups excluding carboxylic acids is 1. The molecule has 1 amide bonds. The number of aromatic nitrogens is 2. The van der Waals surface area contributed by atoms with Crippen LogP contribution >= 0.6 is 0 Å². The van der Waals surface area contributed by atoms with Crippen molar-refractivity contribution in [1.29, 1.82) is 0 Å². The van der Waals surface area contributed by atoms with Gasteiger partial charge in [-0.1, -0.05) is 31.2 Å². The molecule has 0 spiro atoms. The molecule has 1 atom stereocenters. The average molecular weight is 342 g/mol. The number of carbonyl (C=O) groups is 1. The molecule has 0 bridgehead atoms. The van der Waals surface area contributed by atoms with Crippen LogP contribution in [-0.4, -0.2) is 32.2 Å². The molecule has 1 aliphatic rings. The minimum Gasteiger partial charge on any atom is -0.329 e. The molecule has 8 nitrogen and oxygen atoms in total. The molecule has 3 rings (SSSR count). The lowest BCUT2D eigenvalue weighted by molar-refractivity contribution is -0.128. The van der Waals surface area contributed by atoms with E-state index in [1.165, 1.54) is 0 Å². The van der Waals surface area contributed by atoms with Gasteiger partial charge in [-0.25, -0.2) is 10.5 Å². The van der Waals surface area contributed by atoms with E-state index < -0.39 is 5.91 Å². The number of hydrogen-bond acceptors (Lipinski definition) is 6. The SMILES string of the molecule is CC(C)C(c1nc2ccccc2n1C)N1C/C(=C/CC(=O)NO)N=N1. The van der Waals surface area contributed by atoms with Crippen LogP contribution in [0.15, 0.2) is 46.4 Å². The predicted octanol–water partition coefficient (Wildman–Crippen LogP) is 2.73. The maximum absolute atomic E-state index is 11.2. The number of nitrogens with one attached hydrogen (secondary N) is 1. The maximum atomic E-state index is 11.2. The molecule has 0 radical (unpaired) electrons. The highest BCUT2D eigenvalue weighted by atomic mass is 16.5. The van der Waals surface area contributed by atoms with Gasteiger partial charge in [0.25, 0.3) is 0 Å². The zero-order valence-corrected chi connectivity index (χ0v) is 14.5. The second-order valence-electron chi connectivity index (χ2n) is 6.43. The second-order valence-corrected chi connectivity index (χ2v) is 6.43. The summed E-state index contributed by atoms with van der Waals surface area (Å²) in [6.45, 7) is 4.76. The third-order valence-electron chi connectivity index (χ3n) is 4.30. The van der Waals surface area contributed by atoms with Gasteiger partial charge in [-0.15, -0.1) is 5.11 Å². The van der Waals surface area contributed by atoms with Crippen molar-refractivity contribution in [2.75, 3.05) is 6.54 Å². The Morgan fingerprint density at radius 2 is 2.16 bits per heavy atom. The van der Waals surface area contributed by atoms with E-state index >= 15 is 0 Å². The van der Waals surface area contributed by atoms with Gasteiger partial charge >= 0.3 is 0 Å². The molecule has 2 N–H and O–H groups in total. The summed E-state index contributed by atoms with van der Waals surface area (Å²) >= 11 is 0. The first-order chi connectivity index (χ1) is 12.0. The molecular formula is C17H22N6O2. The van der Waals surface area contributed by atoms with Crippen molar-refractivity contribution in [3.63, 3.8) is 0 Å². The molecular weight excluding hydrogens is 320 g/mol. The minimum atomic E-state index is -0.475. The number of fused-ring (bicyclic) bond motifs is 1. The maximum Gasteiger partial charge on any atom is 0.247 e. The van der Waals surface area contributed by atoms with Crippen LogP contribution in [0, 0.1) is 5.92 Å². The summed E-state index contributed by atoms with van der Waals surface area (Å²) in [5, 5.41) is 18.9. The Bertz CT molecular complexity index is 839. The standard InChI is InChI=1S/C17H22N6O2/c1-11(2)16(17-18-13-6-4-5-7-14(13)22(17)3)23-10-12(19-21-23)8-9-15(24)20-25/h4-8,11,16,25H,9-10H2,1-3H3,(H,20,24)/b12-8-. The van der Waals surface area contributed by atoms with E-state index in [0.29, 0.717) is 12.2 Å². The van der Waals surface area contributed by atoms with Gasteiger partial charge in [0.1, 0.15) is 11.9 Å². The molecule has 132 valence electrons. The Balaban J connectivity index is 1.86. The van der Waals surface area contributed by atoms with Crippen LogP contribution < -0.4 is 5.48 Å². The quantitative estimate of drug-likeness (QED) is 0.645. The Morgan fingerprint density at radius 1 is 1.40 bits per heavy atom. The minimum absolute atomic E-state index is 0.0290. The molecule has 1 aromatic heterocycles. The summed E-state index contributed by atoms with van der Waals surface area (Å²) in [6.07, 6.45) is 1.73. The van der Waals surface area contributed by atoms with Crippen molar-refractivity contribution in [1.82, 2.24) is 20.0 Å². The van der Waals surface area contributed by atoms with Gasteiger partial charge in [0, 0.05) is 13.5 Å². The molecule has 1 aliphatic heterocycles. The zero-order chi connectivity index (χ0) is 18.0. The first kappa shape index (κ1) is 17.1. The molecule has 0 fully saturated rings. The number of hydrogen-bond donors (Lipinski definition) is 2. The van der Waals surface area contributed by atoms with Crippen molar-refractivity contribution in [3.8, 4) is 0 Å². The molecule has 2 heterocycles. The number of hydroxylamine groups is 1. The highest BCUT2D eigenvalue weighted by Gasteiger charge is 2.30. The number of para-hydroxylation sites is 2. The van der Waals surface area contributed by atoms with Crippen molar-refractivity contribution < 1.29 is 10.0 Å². The van der Waals surface area contributed by atoms with Gasteiger partial charge in [0.15, 0.2) is 0 Å². The van der Waals surface area contributed by atoms with Gasteiger partial charge in [-0.05, 0) is 24.1 Å². The number of rotatable bonds is 5. The number of nitrogens with zero attached hydrogens (tertiary/aromatic N) is 5. The lowest BCUT2D eigenvalue weighted by atomic mass is 10.0. The fourth-order valence-electron chi connectivity index (χ4n) is 3.06. The van der Waals surface area contributed by atoms with E-state index in [-0.39, 0.29) is 18.4 Å². The van der Waals surface area contributed by atoms with Gasteiger partial charge in [-0.3, -0.25) is 15.0 Å². The normalized spacial score (nSPS) is 17.0. The Labute approximate surface area is 145 Å². The number of aryl methyl sites for hydroxylation is 1. The van der Waals surface area contributed by atoms with E-state index in [1.807, 2.05) is 36.3 Å². The number of benzene rings is 1. The summed E-state index contributed by atoms with van der Waals surface area (Å²) in [5.41, 5.74) is 4.34. The zero-order valence-electron chi connectivity index (χ0n) is 14.5. The van der Waals surface area contributed by atoms with Gasteiger partial charge in [0.2, 0.25) is 5.91 Å². The molecule has 0 saturated carbocycles. The van der Waals surface area contributed by atoms with Gasteiger partial charge in [0.05, 0.1) is 23.3 Å². The van der Waals surface area contributed by atoms with Crippen molar-refractivity contribution >= 4 is 16.9 Å². The first-order valence-electron chi connectivity index (χ1n) is 8.23. The van der Waals surface area contributed by atoms with Crippen LogP contribution in [-0.2, 0) is 11.8 Å². The molecule has 1 aromatic carbocycles. The van der Waals surface area contributed by atoms with Crippen LogP contribution in [0.2, 0.25) is 0 Å². The smallest absolute Gasteiger partial charge is 0.247 e. The molecule has 8 heteroatoms. The van der Waals surface area contributed by atoms with Gasteiger partial charge in [-0.2, -0.15) is 0 Å². The Hall–Kier alpha value is -2.74. The van der Waals surface area contributed by atoms with Crippen molar-refractivity contribution in [3.05, 3.63) is 41.9 Å². The monoisotopic (exact) mass is 342 g/mol. The lowest BCUT2D eigenvalue weighted by Crippen LogP contribution is -2.28. The topological polar surface area (TPSA) is 95.1 Å². The summed E-state index contributed by atoms with van der Waals surface area (Å²) in [7, 11) is 2.01. The van der Waals surface area contributed by atoms with E-state index in [1.54, 1.807) is 11.6 Å². The van der Waals surface area contributed by atoms with Crippen LogP contribution in [0.4, 0.5) is 0 Å². The van der Waals surface area contributed by atoms with Crippen LogP contribution in [0.3, 0.4) is 0 Å². The molecule has 1 unspecified atom stereocenters. The third-order valence-corrected chi connectivity index (χ3v) is 4.30. The van der Waals surface area contributed by atoms with E-state index in [2.05, 4.69) is 28.8 Å². The largest absolute Gasteiger partial charge is 0.329 e.